The number of thiophene rings is 1. The van der Waals surface area contributed by atoms with Gasteiger partial charge in [-0.15, -0.1) is 17.8 Å². The Hall–Kier alpha value is -1.00. The lowest BCUT2D eigenvalue weighted by atomic mass is 9.91. The molecule has 13 heavy (non-hydrogen) atoms. The molecule has 2 rings (SSSR count). The molecule has 1 aliphatic carbocycles. The van der Waals surface area contributed by atoms with E-state index in [9.17, 15) is 0 Å². The second kappa shape index (κ2) is 3.81. The van der Waals surface area contributed by atoms with Gasteiger partial charge < -0.3 is 0 Å². The smallest absolute Gasteiger partial charge is 0.0311 e. The molecule has 0 unspecified atom stereocenters. The van der Waals surface area contributed by atoms with Crippen LogP contribution in [0.15, 0.2) is 23.1 Å². The SMILES string of the molecule is C#CC1=C(c2cccs2)CCCC1. The van der Waals surface area contributed by atoms with Gasteiger partial charge in [-0.3, -0.25) is 0 Å². The van der Waals surface area contributed by atoms with Gasteiger partial charge in [0.25, 0.3) is 0 Å². The summed E-state index contributed by atoms with van der Waals surface area (Å²) in [6, 6.07) is 4.26. The Labute approximate surface area is 83.3 Å². The van der Waals surface area contributed by atoms with Gasteiger partial charge in [0, 0.05) is 10.5 Å². The van der Waals surface area contributed by atoms with Crippen molar-refractivity contribution >= 4 is 16.9 Å². The van der Waals surface area contributed by atoms with E-state index in [1.165, 1.54) is 35.3 Å². The summed E-state index contributed by atoms with van der Waals surface area (Å²) in [5, 5.41) is 2.12. The number of hydrogen-bond donors (Lipinski definition) is 0. The van der Waals surface area contributed by atoms with E-state index in [-0.39, 0.29) is 0 Å². The summed E-state index contributed by atoms with van der Waals surface area (Å²) >= 11 is 1.80. The highest BCUT2D eigenvalue weighted by atomic mass is 32.1. The maximum Gasteiger partial charge on any atom is 0.0311 e. The topological polar surface area (TPSA) is 0 Å². The Kier molecular flexibility index (Phi) is 2.52. The van der Waals surface area contributed by atoms with Crippen molar-refractivity contribution in [3.63, 3.8) is 0 Å². The first-order valence-electron chi connectivity index (χ1n) is 4.64. The molecule has 0 saturated heterocycles. The molecule has 0 saturated carbocycles. The third-order valence-corrected chi connectivity index (χ3v) is 3.39. The first-order valence-corrected chi connectivity index (χ1v) is 5.52. The minimum Gasteiger partial charge on any atom is -0.144 e. The number of rotatable bonds is 1. The van der Waals surface area contributed by atoms with E-state index in [4.69, 9.17) is 6.42 Å². The van der Waals surface area contributed by atoms with Crippen LogP contribution in [0, 0.1) is 12.3 Å². The molecule has 1 aliphatic rings. The second-order valence-electron chi connectivity index (χ2n) is 3.29. The van der Waals surface area contributed by atoms with Gasteiger partial charge >= 0.3 is 0 Å². The van der Waals surface area contributed by atoms with Crippen LogP contribution >= 0.6 is 11.3 Å². The molecular weight excluding hydrogens is 176 g/mol. The Morgan fingerprint density at radius 3 is 2.85 bits per heavy atom. The van der Waals surface area contributed by atoms with Crippen LogP contribution in [0.4, 0.5) is 0 Å². The first kappa shape index (κ1) is 8.59. The molecule has 1 heteroatoms. The molecular formula is C12H12S. The summed E-state index contributed by atoms with van der Waals surface area (Å²) in [5.74, 6) is 2.83. The van der Waals surface area contributed by atoms with Crippen LogP contribution in [0.1, 0.15) is 30.6 Å². The third kappa shape index (κ3) is 1.68. The van der Waals surface area contributed by atoms with E-state index in [0.29, 0.717) is 0 Å². The summed E-state index contributed by atoms with van der Waals surface area (Å²) in [7, 11) is 0. The van der Waals surface area contributed by atoms with Gasteiger partial charge in [0.05, 0.1) is 0 Å². The Morgan fingerprint density at radius 2 is 2.15 bits per heavy atom. The fourth-order valence-corrected chi connectivity index (χ4v) is 2.62. The monoisotopic (exact) mass is 188 g/mol. The van der Waals surface area contributed by atoms with E-state index >= 15 is 0 Å². The predicted molar refractivity (Wildman–Crippen MR) is 58.5 cm³/mol. The van der Waals surface area contributed by atoms with Crippen molar-refractivity contribution in [2.45, 2.75) is 25.7 Å². The van der Waals surface area contributed by atoms with Crippen molar-refractivity contribution in [1.29, 1.82) is 0 Å². The summed E-state index contributed by atoms with van der Waals surface area (Å²) in [5.41, 5.74) is 2.65. The molecule has 0 bridgehead atoms. The van der Waals surface area contributed by atoms with E-state index in [1.807, 2.05) is 0 Å². The van der Waals surface area contributed by atoms with Gasteiger partial charge in [0.15, 0.2) is 0 Å². The van der Waals surface area contributed by atoms with Gasteiger partial charge in [-0.2, -0.15) is 0 Å². The fourth-order valence-electron chi connectivity index (χ4n) is 1.79. The van der Waals surface area contributed by atoms with Gasteiger partial charge in [0.1, 0.15) is 0 Å². The average molecular weight is 188 g/mol. The number of terminal acetylenes is 1. The zero-order chi connectivity index (χ0) is 9.10. The minimum absolute atomic E-state index is 1.10. The van der Waals surface area contributed by atoms with Gasteiger partial charge in [-0.05, 0) is 42.7 Å². The van der Waals surface area contributed by atoms with Crippen LogP contribution in [0.3, 0.4) is 0 Å². The maximum absolute atomic E-state index is 5.50. The van der Waals surface area contributed by atoms with E-state index in [2.05, 4.69) is 23.4 Å². The quantitative estimate of drug-likeness (QED) is 0.589. The minimum atomic E-state index is 1.10. The molecule has 0 fully saturated rings. The summed E-state index contributed by atoms with van der Waals surface area (Å²) in [4.78, 5) is 1.37. The standard InChI is InChI=1S/C12H12S/c1-2-10-6-3-4-7-11(10)12-8-5-9-13-12/h1,5,8-9H,3-4,6-7H2. The molecule has 0 nitrogen and oxygen atoms in total. The maximum atomic E-state index is 5.50. The molecule has 0 amide bonds. The largest absolute Gasteiger partial charge is 0.144 e. The van der Waals surface area contributed by atoms with Crippen LogP contribution in [-0.4, -0.2) is 0 Å². The van der Waals surface area contributed by atoms with Crippen LogP contribution in [0.2, 0.25) is 0 Å². The molecule has 1 aromatic heterocycles. The number of allylic oxidation sites excluding steroid dienone is 2. The molecule has 66 valence electrons. The van der Waals surface area contributed by atoms with Gasteiger partial charge in [-0.25, -0.2) is 0 Å². The van der Waals surface area contributed by atoms with E-state index in [1.54, 1.807) is 11.3 Å². The normalized spacial score (nSPS) is 17.2. The lowest BCUT2D eigenvalue weighted by Crippen LogP contribution is -1.96. The van der Waals surface area contributed by atoms with Gasteiger partial charge in [0.2, 0.25) is 0 Å². The average Bonchev–Trinajstić information content (AvgIpc) is 2.70. The van der Waals surface area contributed by atoms with Crippen LogP contribution in [0.25, 0.3) is 5.57 Å². The van der Waals surface area contributed by atoms with E-state index in [0.717, 1.165) is 6.42 Å². The first-order chi connectivity index (χ1) is 6.42. The number of hydrogen-bond acceptors (Lipinski definition) is 1. The highest BCUT2D eigenvalue weighted by Crippen LogP contribution is 2.33. The Balaban J connectivity index is 2.40. The molecule has 0 spiro atoms. The highest BCUT2D eigenvalue weighted by Gasteiger charge is 2.12. The molecule has 1 heterocycles. The third-order valence-electron chi connectivity index (χ3n) is 2.46. The molecule has 0 aliphatic heterocycles. The Morgan fingerprint density at radius 1 is 1.31 bits per heavy atom. The fraction of sp³-hybridized carbons (Fsp3) is 0.333. The molecule has 0 atom stereocenters. The summed E-state index contributed by atoms with van der Waals surface area (Å²) < 4.78 is 0. The lowest BCUT2D eigenvalue weighted by molar-refractivity contribution is 0.728. The molecule has 1 aromatic rings. The predicted octanol–water partition coefficient (Wildman–Crippen LogP) is 3.71. The molecule has 0 N–H and O–H groups in total. The van der Waals surface area contributed by atoms with Crippen LogP contribution in [-0.2, 0) is 0 Å². The van der Waals surface area contributed by atoms with Crippen LogP contribution in [0.5, 0.6) is 0 Å². The zero-order valence-corrected chi connectivity index (χ0v) is 8.36. The van der Waals surface area contributed by atoms with Crippen molar-refractivity contribution in [2.24, 2.45) is 0 Å². The summed E-state index contributed by atoms with van der Waals surface area (Å²) in [6.07, 6.45) is 10.3. The molecule has 0 radical (unpaired) electrons. The van der Waals surface area contributed by atoms with Crippen molar-refractivity contribution in [1.82, 2.24) is 0 Å². The van der Waals surface area contributed by atoms with Gasteiger partial charge in [-0.1, -0.05) is 12.0 Å². The second-order valence-corrected chi connectivity index (χ2v) is 4.23. The van der Waals surface area contributed by atoms with Crippen LogP contribution < -0.4 is 0 Å². The zero-order valence-electron chi connectivity index (χ0n) is 7.55. The van der Waals surface area contributed by atoms with Crippen molar-refractivity contribution in [3.05, 3.63) is 28.0 Å². The van der Waals surface area contributed by atoms with Crippen molar-refractivity contribution < 1.29 is 0 Å². The highest BCUT2D eigenvalue weighted by molar-refractivity contribution is 7.11. The van der Waals surface area contributed by atoms with Crippen molar-refractivity contribution in [2.75, 3.05) is 0 Å². The molecule has 0 aromatic carbocycles. The lowest BCUT2D eigenvalue weighted by Gasteiger charge is -2.15. The summed E-state index contributed by atoms with van der Waals surface area (Å²) in [6.45, 7) is 0. The Bertz CT molecular complexity index is 349. The van der Waals surface area contributed by atoms with E-state index < -0.39 is 0 Å². The van der Waals surface area contributed by atoms with Crippen molar-refractivity contribution in [3.8, 4) is 12.3 Å².